The van der Waals surface area contributed by atoms with E-state index in [1.54, 1.807) is 6.07 Å². The molecule has 1 aliphatic carbocycles. The molecule has 0 atom stereocenters. The maximum atomic E-state index is 9.89. The van der Waals surface area contributed by atoms with Crippen LogP contribution in [-0.4, -0.2) is 22.4 Å². The lowest BCUT2D eigenvalue weighted by molar-refractivity contribution is -0.0202. The van der Waals surface area contributed by atoms with E-state index in [1.165, 1.54) is 0 Å². The number of phenols is 1. The van der Waals surface area contributed by atoms with E-state index < -0.39 is 5.60 Å². The molecule has 1 saturated carbocycles. The van der Waals surface area contributed by atoms with Crippen LogP contribution in [0.2, 0.25) is 0 Å². The normalized spacial score (nSPS) is 18.3. The Balaban J connectivity index is 2.01. The maximum absolute atomic E-state index is 9.89. The summed E-state index contributed by atoms with van der Waals surface area (Å²) in [7, 11) is 0. The smallest absolute Gasteiger partial charge is 0.138 e. The molecule has 0 aliphatic heterocycles. The van der Waals surface area contributed by atoms with E-state index in [4.69, 9.17) is 0 Å². The van der Waals surface area contributed by atoms with Crippen LogP contribution in [0.25, 0.3) is 0 Å². The van der Waals surface area contributed by atoms with E-state index in [9.17, 15) is 10.2 Å². The number of aliphatic hydroxyl groups is 1. The first-order valence-electron chi connectivity index (χ1n) is 5.35. The van der Waals surface area contributed by atoms with E-state index in [0.29, 0.717) is 12.2 Å². The van der Waals surface area contributed by atoms with Gasteiger partial charge in [-0.1, -0.05) is 6.07 Å². The van der Waals surface area contributed by atoms with Crippen LogP contribution < -0.4 is 5.32 Å². The van der Waals surface area contributed by atoms with Crippen molar-refractivity contribution < 1.29 is 10.2 Å². The fourth-order valence-electron chi connectivity index (χ4n) is 1.81. The molecule has 0 unspecified atom stereocenters. The fourth-order valence-corrected chi connectivity index (χ4v) is 1.81. The van der Waals surface area contributed by atoms with Crippen molar-refractivity contribution in [2.24, 2.45) is 0 Å². The zero-order chi connectivity index (χ0) is 10.9. The summed E-state index contributed by atoms with van der Waals surface area (Å²) >= 11 is 0. The highest BCUT2D eigenvalue weighted by Gasteiger charge is 2.34. The highest BCUT2D eigenvalue weighted by atomic mass is 16.3. The minimum absolute atomic E-state index is 0.239. The van der Waals surface area contributed by atoms with E-state index in [-0.39, 0.29) is 5.75 Å². The van der Waals surface area contributed by atoms with Crippen molar-refractivity contribution in [3.05, 3.63) is 23.8 Å². The molecule has 82 valence electrons. The Kier molecular flexibility index (Phi) is 2.57. The van der Waals surface area contributed by atoms with Gasteiger partial charge in [0.15, 0.2) is 0 Å². The number of hydrogen-bond acceptors (Lipinski definition) is 3. The van der Waals surface area contributed by atoms with Crippen molar-refractivity contribution >= 4 is 5.69 Å². The molecule has 0 bridgehead atoms. The number of aromatic hydroxyl groups is 1. The molecular weight excluding hydrogens is 190 g/mol. The summed E-state index contributed by atoms with van der Waals surface area (Å²) in [6.07, 6.45) is 2.80. The van der Waals surface area contributed by atoms with Crippen LogP contribution in [0.1, 0.15) is 24.8 Å². The van der Waals surface area contributed by atoms with Crippen molar-refractivity contribution in [2.45, 2.75) is 31.8 Å². The third-order valence-electron chi connectivity index (χ3n) is 3.04. The van der Waals surface area contributed by atoms with Crippen molar-refractivity contribution in [2.75, 3.05) is 11.9 Å². The lowest BCUT2D eigenvalue weighted by atomic mass is 9.80. The monoisotopic (exact) mass is 207 g/mol. The Morgan fingerprint density at radius 1 is 1.40 bits per heavy atom. The van der Waals surface area contributed by atoms with Gasteiger partial charge in [0.05, 0.1) is 11.3 Å². The number of hydrogen-bond donors (Lipinski definition) is 3. The molecule has 3 nitrogen and oxygen atoms in total. The molecule has 2 rings (SSSR count). The van der Waals surface area contributed by atoms with Crippen molar-refractivity contribution in [1.82, 2.24) is 0 Å². The number of aryl methyl sites for hydroxylation is 1. The number of benzene rings is 1. The van der Waals surface area contributed by atoms with Gasteiger partial charge < -0.3 is 15.5 Å². The van der Waals surface area contributed by atoms with E-state index >= 15 is 0 Å². The third kappa shape index (κ3) is 2.23. The predicted molar refractivity (Wildman–Crippen MR) is 60.1 cm³/mol. The fraction of sp³-hybridized carbons (Fsp3) is 0.500. The summed E-state index contributed by atoms with van der Waals surface area (Å²) in [6.45, 7) is 2.49. The molecule has 3 N–H and O–H groups in total. The van der Waals surface area contributed by atoms with E-state index in [2.05, 4.69) is 5.32 Å². The number of rotatable bonds is 3. The van der Waals surface area contributed by atoms with Crippen LogP contribution in [0, 0.1) is 6.92 Å². The van der Waals surface area contributed by atoms with Gasteiger partial charge >= 0.3 is 0 Å². The first kappa shape index (κ1) is 10.3. The van der Waals surface area contributed by atoms with E-state index in [0.717, 1.165) is 24.8 Å². The Bertz CT molecular complexity index is 359. The molecule has 0 aromatic heterocycles. The Morgan fingerprint density at radius 3 is 2.73 bits per heavy atom. The lowest BCUT2D eigenvalue weighted by Crippen LogP contribution is -2.43. The van der Waals surface area contributed by atoms with Gasteiger partial charge in [-0.25, -0.2) is 0 Å². The largest absolute Gasteiger partial charge is 0.506 e. The standard InChI is InChI=1S/C12H17NO2/c1-9-3-4-11(14)10(7-9)13-8-12(15)5-2-6-12/h3-4,7,13-15H,2,5-6,8H2,1H3. The van der Waals surface area contributed by atoms with Crippen LogP contribution in [0.15, 0.2) is 18.2 Å². The second-order valence-electron chi connectivity index (χ2n) is 4.45. The molecule has 1 aliphatic rings. The molecule has 0 heterocycles. The minimum atomic E-state index is -0.559. The van der Waals surface area contributed by atoms with Crippen LogP contribution in [0.3, 0.4) is 0 Å². The van der Waals surface area contributed by atoms with Crippen LogP contribution in [-0.2, 0) is 0 Å². The maximum Gasteiger partial charge on any atom is 0.138 e. The quantitative estimate of drug-likeness (QED) is 0.665. The van der Waals surface area contributed by atoms with Crippen LogP contribution in [0.5, 0.6) is 5.75 Å². The first-order valence-corrected chi connectivity index (χ1v) is 5.35. The SMILES string of the molecule is Cc1ccc(O)c(NCC2(O)CCC2)c1. The van der Waals surface area contributed by atoms with Crippen molar-refractivity contribution in [3.63, 3.8) is 0 Å². The molecular formula is C12H17NO2. The zero-order valence-electron chi connectivity index (χ0n) is 8.95. The van der Waals surface area contributed by atoms with Crippen LogP contribution in [0.4, 0.5) is 5.69 Å². The topological polar surface area (TPSA) is 52.5 Å². The zero-order valence-corrected chi connectivity index (χ0v) is 8.95. The average Bonchev–Trinajstić information content (AvgIpc) is 2.17. The minimum Gasteiger partial charge on any atom is -0.506 e. The highest BCUT2D eigenvalue weighted by molar-refractivity contribution is 5.57. The molecule has 0 saturated heterocycles. The Labute approximate surface area is 89.8 Å². The first-order chi connectivity index (χ1) is 7.09. The van der Waals surface area contributed by atoms with Gasteiger partial charge in [-0.15, -0.1) is 0 Å². The summed E-state index contributed by atoms with van der Waals surface area (Å²) < 4.78 is 0. The highest BCUT2D eigenvalue weighted by Crippen LogP contribution is 2.33. The average molecular weight is 207 g/mol. The number of phenolic OH excluding ortho intramolecular Hbond substituents is 1. The molecule has 15 heavy (non-hydrogen) atoms. The summed E-state index contributed by atoms with van der Waals surface area (Å²) in [4.78, 5) is 0. The number of nitrogens with one attached hydrogen (secondary N) is 1. The van der Waals surface area contributed by atoms with E-state index in [1.807, 2.05) is 19.1 Å². The molecule has 1 aromatic rings. The summed E-state index contributed by atoms with van der Waals surface area (Å²) in [5, 5.41) is 22.6. The molecule has 0 radical (unpaired) electrons. The molecule has 3 heteroatoms. The summed E-state index contributed by atoms with van der Waals surface area (Å²) in [5.41, 5.74) is 1.24. The molecule has 1 fully saturated rings. The third-order valence-corrected chi connectivity index (χ3v) is 3.04. The Morgan fingerprint density at radius 2 is 2.13 bits per heavy atom. The predicted octanol–water partition coefficient (Wildman–Crippen LogP) is 2.03. The van der Waals surface area contributed by atoms with Gasteiger partial charge in [-0.2, -0.15) is 0 Å². The molecule has 1 aromatic carbocycles. The van der Waals surface area contributed by atoms with Crippen molar-refractivity contribution in [1.29, 1.82) is 0 Å². The lowest BCUT2D eigenvalue weighted by Gasteiger charge is -2.36. The van der Waals surface area contributed by atoms with Gasteiger partial charge in [-0.05, 0) is 43.9 Å². The van der Waals surface area contributed by atoms with Crippen LogP contribution >= 0.6 is 0 Å². The van der Waals surface area contributed by atoms with Gasteiger partial charge in [0.2, 0.25) is 0 Å². The molecule has 0 amide bonds. The number of anilines is 1. The summed E-state index contributed by atoms with van der Waals surface area (Å²) in [5.74, 6) is 0.239. The summed E-state index contributed by atoms with van der Waals surface area (Å²) in [6, 6.07) is 5.42. The van der Waals surface area contributed by atoms with Gasteiger partial charge in [0.25, 0.3) is 0 Å². The van der Waals surface area contributed by atoms with Gasteiger partial charge in [-0.3, -0.25) is 0 Å². The second-order valence-corrected chi connectivity index (χ2v) is 4.45. The molecule has 0 spiro atoms. The Hall–Kier alpha value is -1.22. The van der Waals surface area contributed by atoms with Gasteiger partial charge in [0.1, 0.15) is 5.75 Å². The van der Waals surface area contributed by atoms with Gasteiger partial charge in [0, 0.05) is 6.54 Å². The van der Waals surface area contributed by atoms with Crippen molar-refractivity contribution in [3.8, 4) is 5.75 Å². The second kappa shape index (κ2) is 3.74.